The Hall–Kier alpha value is -2.78. The number of hydrogen-bond donors (Lipinski definition) is 1. The van der Waals surface area contributed by atoms with E-state index in [0.717, 1.165) is 5.56 Å². The molecule has 9 heteroatoms. The minimum atomic E-state index is -3.53. The number of nitrogens with zero attached hydrogens (tertiary/aromatic N) is 1. The second kappa shape index (κ2) is 12.6. The van der Waals surface area contributed by atoms with Crippen molar-refractivity contribution in [3.63, 3.8) is 0 Å². The van der Waals surface area contributed by atoms with Gasteiger partial charge in [0.1, 0.15) is 0 Å². The Morgan fingerprint density at radius 2 is 1.38 bits per heavy atom. The maximum atomic E-state index is 13.0. The van der Waals surface area contributed by atoms with Gasteiger partial charge < -0.3 is 19.5 Å². The summed E-state index contributed by atoms with van der Waals surface area (Å²) in [7, 11) is -3.53. The van der Waals surface area contributed by atoms with Crippen LogP contribution < -0.4 is 19.5 Å². The van der Waals surface area contributed by atoms with Crippen LogP contribution in [0.15, 0.2) is 41.3 Å². The lowest BCUT2D eigenvalue weighted by Gasteiger charge is -2.20. The lowest BCUT2D eigenvalue weighted by atomic mass is 10.1. The number of sulfonamides is 1. The molecule has 188 valence electrons. The standard InChI is InChI=1S/C25H36N2O6S/c1-7-27(8-2)34(29,30)21-14-12-19(13-15-21)18(6)26-25(28)20-16-22(31-9-3)24(33-11-5)23(17-20)32-10-4/h12-18H,7-11H2,1-6H3,(H,26,28). The van der Waals surface area contributed by atoms with Gasteiger partial charge in [0.2, 0.25) is 15.8 Å². The highest BCUT2D eigenvalue weighted by Crippen LogP contribution is 2.39. The van der Waals surface area contributed by atoms with Gasteiger partial charge in [-0.1, -0.05) is 26.0 Å². The van der Waals surface area contributed by atoms with E-state index in [1.807, 2.05) is 41.5 Å². The molecule has 2 rings (SSSR count). The molecule has 0 aliphatic rings. The van der Waals surface area contributed by atoms with Gasteiger partial charge in [-0.25, -0.2) is 8.42 Å². The van der Waals surface area contributed by atoms with Gasteiger partial charge in [-0.3, -0.25) is 4.79 Å². The maximum Gasteiger partial charge on any atom is 0.252 e. The number of carbonyl (C=O) groups is 1. The van der Waals surface area contributed by atoms with Crippen molar-refractivity contribution in [1.82, 2.24) is 9.62 Å². The Labute approximate surface area is 203 Å². The zero-order valence-corrected chi connectivity index (χ0v) is 21.7. The lowest BCUT2D eigenvalue weighted by molar-refractivity contribution is 0.0938. The van der Waals surface area contributed by atoms with Crippen LogP contribution in [-0.2, 0) is 10.0 Å². The Bertz CT molecular complexity index is 1020. The monoisotopic (exact) mass is 492 g/mol. The van der Waals surface area contributed by atoms with Crippen molar-refractivity contribution in [3.05, 3.63) is 47.5 Å². The molecule has 0 heterocycles. The van der Waals surface area contributed by atoms with Crippen LogP contribution in [0.4, 0.5) is 0 Å². The molecule has 0 spiro atoms. The predicted molar refractivity (Wildman–Crippen MR) is 132 cm³/mol. The molecular formula is C25H36N2O6S. The molecule has 2 aromatic carbocycles. The van der Waals surface area contributed by atoms with Gasteiger partial charge in [-0.05, 0) is 57.5 Å². The number of amides is 1. The van der Waals surface area contributed by atoms with Crippen LogP contribution in [-0.4, -0.2) is 51.5 Å². The molecule has 2 aromatic rings. The van der Waals surface area contributed by atoms with Crippen LogP contribution in [0.1, 0.15) is 63.5 Å². The van der Waals surface area contributed by atoms with E-state index in [2.05, 4.69) is 5.32 Å². The van der Waals surface area contributed by atoms with Gasteiger partial charge in [-0.2, -0.15) is 4.31 Å². The normalized spacial score (nSPS) is 12.3. The predicted octanol–water partition coefficient (Wildman–Crippen LogP) is 4.40. The molecule has 1 N–H and O–H groups in total. The first-order valence-corrected chi connectivity index (χ1v) is 13.1. The van der Waals surface area contributed by atoms with Gasteiger partial charge in [0.25, 0.3) is 5.91 Å². The lowest BCUT2D eigenvalue weighted by Crippen LogP contribution is -2.30. The van der Waals surface area contributed by atoms with E-state index in [-0.39, 0.29) is 16.8 Å². The smallest absolute Gasteiger partial charge is 0.252 e. The summed E-state index contributed by atoms with van der Waals surface area (Å²) in [5.41, 5.74) is 1.16. The Balaban J connectivity index is 2.26. The van der Waals surface area contributed by atoms with E-state index in [1.165, 1.54) is 4.31 Å². The number of hydrogen-bond acceptors (Lipinski definition) is 6. The topological polar surface area (TPSA) is 94.2 Å². The first-order valence-electron chi connectivity index (χ1n) is 11.7. The minimum absolute atomic E-state index is 0.229. The van der Waals surface area contributed by atoms with Crippen LogP contribution >= 0.6 is 0 Å². The van der Waals surface area contributed by atoms with Crippen molar-refractivity contribution in [2.45, 2.75) is 52.5 Å². The molecule has 0 fully saturated rings. The molecule has 0 saturated carbocycles. The zero-order valence-electron chi connectivity index (χ0n) is 20.9. The van der Waals surface area contributed by atoms with Crippen molar-refractivity contribution in [3.8, 4) is 17.2 Å². The fourth-order valence-corrected chi connectivity index (χ4v) is 4.98. The SMILES string of the molecule is CCOc1cc(C(=O)NC(C)c2ccc(S(=O)(=O)N(CC)CC)cc2)cc(OCC)c1OCC. The molecule has 1 atom stereocenters. The van der Waals surface area contributed by atoms with E-state index < -0.39 is 10.0 Å². The summed E-state index contributed by atoms with van der Waals surface area (Å²) < 4.78 is 43.9. The fraction of sp³-hybridized carbons (Fsp3) is 0.480. The molecule has 34 heavy (non-hydrogen) atoms. The van der Waals surface area contributed by atoms with Crippen LogP contribution in [0.25, 0.3) is 0 Å². The molecule has 0 radical (unpaired) electrons. The second-order valence-electron chi connectivity index (χ2n) is 7.45. The molecule has 1 unspecified atom stereocenters. The largest absolute Gasteiger partial charge is 0.490 e. The number of rotatable bonds is 13. The van der Waals surface area contributed by atoms with Gasteiger partial charge >= 0.3 is 0 Å². The summed E-state index contributed by atoms with van der Waals surface area (Å²) in [6.45, 7) is 13.1. The summed E-state index contributed by atoms with van der Waals surface area (Å²) in [6.07, 6.45) is 0. The fourth-order valence-electron chi connectivity index (χ4n) is 3.52. The second-order valence-corrected chi connectivity index (χ2v) is 9.39. The average molecular weight is 493 g/mol. The number of ether oxygens (including phenoxy) is 3. The van der Waals surface area contributed by atoms with Gasteiger partial charge in [0, 0.05) is 18.7 Å². The maximum absolute atomic E-state index is 13.0. The summed E-state index contributed by atoms with van der Waals surface area (Å²) in [4.78, 5) is 13.3. The molecule has 0 saturated heterocycles. The van der Waals surface area contributed by atoms with Gasteiger partial charge in [0.15, 0.2) is 11.5 Å². The third-order valence-corrected chi connectivity index (χ3v) is 7.31. The van der Waals surface area contributed by atoms with E-state index in [0.29, 0.717) is 55.7 Å². The minimum Gasteiger partial charge on any atom is -0.490 e. The van der Waals surface area contributed by atoms with Crippen LogP contribution in [0.3, 0.4) is 0 Å². The molecule has 0 aliphatic carbocycles. The van der Waals surface area contributed by atoms with Crippen molar-refractivity contribution in [1.29, 1.82) is 0 Å². The van der Waals surface area contributed by atoms with Crippen LogP contribution in [0.2, 0.25) is 0 Å². The Morgan fingerprint density at radius 1 is 0.882 bits per heavy atom. The van der Waals surface area contributed by atoms with Gasteiger partial charge in [0.05, 0.1) is 30.8 Å². The van der Waals surface area contributed by atoms with E-state index in [9.17, 15) is 13.2 Å². The first-order chi connectivity index (χ1) is 16.2. The third kappa shape index (κ3) is 6.42. The Kier molecular flexibility index (Phi) is 10.2. The molecular weight excluding hydrogens is 456 g/mol. The highest BCUT2D eigenvalue weighted by molar-refractivity contribution is 7.89. The molecule has 8 nitrogen and oxygen atoms in total. The molecule has 0 bridgehead atoms. The first kappa shape index (κ1) is 27.5. The quantitative estimate of drug-likeness (QED) is 0.445. The zero-order chi connectivity index (χ0) is 25.3. The van der Waals surface area contributed by atoms with E-state index in [1.54, 1.807) is 36.4 Å². The summed E-state index contributed by atoms with van der Waals surface area (Å²) in [5.74, 6) is 1.05. The summed E-state index contributed by atoms with van der Waals surface area (Å²) >= 11 is 0. The summed E-state index contributed by atoms with van der Waals surface area (Å²) in [5, 5.41) is 2.96. The van der Waals surface area contributed by atoms with Crippen LogP contribution in [0.5, 0.6) is 17.2 Å². The average Bonchev–Trinajstić information content (AvgIpc) is 2.81. The van der Waals surface area contributed by atoms with E-state index >= 15 is 0 Å². The number of carbonyl (C=O) groups excluding carboxylic acids is 1. The van der Waals surface area contributed by atoms with Crippen molar-refractivity contribution in [2.24, 2.45) is 0 Å². The Morgan fingerprint density at radius 3 is 1.82 bits per heavy atom. The molecule has 0 aliphatic heterocycles. The highest BCUT2D eigenvalue weighted by atomic mass is 32.2. The van der Waals surface area contributed by atoms with Gasteiger partial charge in [-0.15, -0.1) is 0 Å². The highest BCUT2D eigenvalue weighted by Gasteiger charge is 2.23. The molecule has 0 aromatic heterocycles. The van der Waals surface area contributed by atoms with Crippen molar-refractivity contribution < 1.29 is 27.4 Å². The number of benzene rings is 2. The third-order valence-electron chi connectivity index (χ3n) is 5.24. The van der Waals surface area contributed by atoms with E-state index in [4.69, 9.17) is 14.2 Å². The van der Waals surface area contributed by atoms with Crippen LogP contribution in [0, 0.1) is 0 Å². The van der Waals surface area contributed by atoms with Crippen molar-refractivity contribution >= 4 is 15.9 Å². The molecule has 1 amide bonds. The van der Waals surface area contributed by atoms with Crippen molar-refractivity contribution in [2.75, 3.05) is 32.9 Å². The summed E-state index contributed by atoms with van der Waals surface area (Å²) in [6, 6.07) is 9.51. The number of nitrogens with one attached hydrogen (secondary N) is 1.